The van der Waals surface area contributed by atoms with Crippen LogP contribution in [0, 0.1) is 11.8 Å². The summed E-state index contributed by atoms with van der Waals surface area (Å²) in [5.41, 5.74) is 6.64. The molecule has 0 spiro atoms. The van der Waals surface area contributed by atoms with E-state index in [0.717, 1.165) is 25.8 Å². The van der Waals surface area contributed by atoms with Gasteiger partial charge in [-0.2, -0.15) is 4.99 Å². The smallest absolute Gasteiger partial charge is 0.338 e. The van der Waals surface area contributed by atoms with Gasteiger partial charge in [0.25, 0.3) is 0 Å². The first-order valence-corrected chi connectivity index (χ1v) is 11.1. The van der Waals surface area contributed by atoms with Crippen molar-refractivity contribution in [2.24, 2.45) is 22.6 Å². The van der Waals surface area contributed by atoms with Crippen molar-refractivity contribution in [2.45, 2.75) is 52.0 Å². The van der Waals surface area contributed by atoms with E-state index in [9.17, 15) is 9.59 Å². The summed E-state index contributed by atoms with van der Waals surface area (Å²) in [5, 5.41) is 3.03. The number of benzene rings is 1. The lowest BCUT2D eigenvalue weighted by Crippen LogP contribution is -3.18. The van der Waals surface area contributed by atoms with Crippen LogP contribution in [0.25, 0.3) is 0 Å². The molecule has 0 aromatic heterocycles. The van der Waals surface area contributed by atoms with Crippen LogP contribution >= 0.6 is 0 Å². The number of quaternary nitrogens is 1. The molecule has 7 nitrogen and oxygen atoms in total. The first kappa shape index (κ1) is 22.3. The lowest BCUT2D eigenvalue weighted by atomic mass is 9.90. The molecule has 164 valence electrons. The molecule has 1 aromatic rings. The first-order valence-electron chi connectivity index (χ1n) is 11.1. The number of hydrogen-bond donors (Lipinski definition) is 3. The number of carbonyl (C=O) groups excluding carboxylic acids is 2. The summed E-state index contributed by atoms with van der Waals surface area (Å²) < 4.78 is 0. The maximum atomic E-state index is 13.0. The maximum Gasteiger partial charge on any atom is 0.347 e. The highest BCUT2D eigenvalue weighted by molar-refractivity contribution is 5.94. The number of urea groups is 1. The number of nitrogens with two attached hydrogens (primary N) is 1. The summed E-state index contributed by atoms with van der Waals surface area (Å²) in [7, 11) is 0. The van der Waals surface area contributed by atoms with Crippen molar-refractivity contribution in [3.05, 3.63) is 35.9 Å². The van der Waals surface area contributed by atoms with Gasteiger partial charge in [-0.3, -0.25) is 0 Å². The molecule has 3 atom stereocenters. The van der Waals surface area contributed by atoms with Gasteiger partial charge >= 0.3 is 17.9 Å². The minimum Gasteiger partial charge on any atom is -0.338 e. The van der Waals surface area contributed by atoms with Crippen molar-refractivity contribution < 1.29 is 14.5 Å². The highest BCUT2D eigenvalue weighted by Crippen LogP contribution is 2.23. The van der Waals surface area contributed by atoms with Gasteiger partial charge in [-0.15, -0.1) is 0 Å². The van der Waals surface area contributed by atoms with E-state index in [-0.39, 0.29) is 17.9 Å². The minimum absolute atomic E-state index is 0.0235. The average molecular weight is 415 g/mol. The fourth-order valence-corrected chi connectivity index (χ4v) is 4.73. The predicted octanol–water partition coefficient (Wildman–Crippen LogP) is 1.20. The van der Waals surface area contributed by atoms with Crippen molar-refractivity contribution in [1.82, 2.24) is 10.2 Å². The first-order chi connectivity index (χ1) is 14.3. The third-order valence-corrected chi connectivity index (χ3v) is 6.08. The molecule has 2 aliphatic rings. The monoisotopic (exact) mass is 414 g/mol. The largest absolute Gasteiger partial charge is 0.347 e. The molecule has 0 aliphatic carbocycles. The number of hydrogen-bond acceptors (Lipinski definition) is 4. The van der Waals surface area contributed by atoms with Gasteiger partial charge in [0.1, 0.15) is 0 Å². The number of nitrogens with one attached hydrogen (secondary N) is 2. The molecule has 0 radical (unpaired) electrons. The van der Waals surface area contributed by atoms with Crippen LogP contribution in [0.15, 0.2) is 35.3 Å². The van der Waals surface area contributed by atoms with Gasteiger partial charge in [0, 0.05) is 25.6 Å². The van der Waals surface area contributed by atoms with Crippen LogP contribution in [0.3, 0.4) is 0 Å². The highest BCUT2D eigenvalue weighted by atomic mass is 16.2. The standard InChI is InChI=1S/C23H35N5O2/c1-17(2)14-23(3)20(29)28(21(24)26-23)16-19-10-7-13-27(15-19)22(30)25-12-11-18-8-5-4-6-9-18/h4-6,8-9,17,19H,7,10-16H2,1-3H3,(H2,24,26)(H,25,30)/p+1. The van der Waals surface area contributed by atoms with Crippen LogP contribution in [-0.4, -0.2) is 54.5 Å². The molecule has 1 saturated heterocycles. The van der Waals surface area contributed by atoms with E-state index in [1.54, 1.807) is 0 Å². The van der Waals surface area contributed by atoms with Gasteiger partial charge in [0.15, 0.2) is 5.54 Å². The number of likely N-dealkylation sites (tertiary alicyclic amines) is 1. The van der Waals surface area contributed by atoms with Crippen LogP contribution < -0.4 is 16.0 Å². The van der Waals surface area contributed by atoms with E-state index in [1.807, 2.05) is 30.0 Å². The molecule has 0 saturated carbocycles. The number of rotatable bonds is 7. The van der Waals surface area contributed by atoms with E-state index < -0.39 is 5.54 Å². The van der Waals surface area contributed by atoms with Crippen LogP contribution in [0.5, 0.6) is 0 Å². The lowest BCUT2D eigenvalue weighted by molar-refractivity contribution is -0.725. The number of piperidine rings is 1. The fraction of sp³-hybridized carbons (Fsp3) is 0.609. The van der Waals surface area contributed by atoms with Crippen molar-refractivity contribution >= 4 is 17.9 Å². The lowest BCUT2D eigenvalue weighted by Gasteiger charge is -2.33. The van der Waals surface area contributed by atoms with Crippen molar-refractivity contribution in [3.8, 4) is 0 Å². The Morgan fingerprint density at radius 1 is 1.37 bits per heavy atom. The van der Waals surface area contributed by atoms with Crippen LogP contribution in [-0.2, 0) is 11.2 Å². The molecule has 3 amide bonds. The van der Waals surface area contributed by atoms with E-state index in [2.05, 4.69) is 36.3 Å². The second-order valence-corrected chi connectivity index (χ2v) is 9.30. The number of nitrogens with zero attached hydrogens (tertiary/aromatic N) is 2. The molecule has 1 aromatic carbocycles. The topological polar surface area (TPSA) is 92.2 Å². The summed E-state index contributed by atoms with van der Waals surface area (Å²) in [4.78, 5) is 32.7. The normalized spacial score (nSPS) is 26.7. The molecule has 0 bridgehead atoms. The zero-order chi connectivity index (χ0) is 21.7. The van der Waals surface area contributed by atoms with Crippen molar-refractivity contribution in [2.75, 3.05) is 26.2 Å². The molecule has 7 heteroatoms. The van der Waals surface area contributed by atoms with Gasteiger partial charge in [0.2, 0.25) is 0 Å². The second-order valence-electron chi connectivity index (χ2n) is 9.30. The molecule has 30 heavy (non-hydrogen) atoms. The molecular formula is C23H36N5O2+. The summed E-state index contributed by atoms with van der Waals surface area (Å²) >= 11 is 0. The molecule has 4 N–H and O–H groups in total. The Balaban J connectivity index is 1.50. The van der Waals surface area contributed by atoms with Crippen LogP contribution in [0.4, 0.5) is 4.79 Å². The Kier molecular flexibility index (Phi) is 7.13. The zero-order valence-corrected chi connectivity index (χ0v) is 18.5. The van der Waals surface area contributed by atoms with Gasteiger partial charge in [0.05, 0.1) is 6.54 Å². The number of carbonyl (C=O) groups is 2. The Hall–Kier alpha value is -2.41. The van der Waals surface area contributed by atoms with Gasteiger partial charge in [-0.25, -0.2) is 14.5 Å². The Morgan fingerprint density at radius 2 is 2.10 bits per heavy atom. The second kappa shape index (κ2) is 9.60. The van der Waals surface area contributed by atoms with E-state index in [4.69, 9.17) is 5.73 Å². The Bertz CT molecular complexity index is 779. The number of amides is 3. The third-order valence-electron chi connectivity index (χ3n) is 6.08. The summed E-state index contributed by atoms with van der Waals surface area (Å²) in [6.07, 6.45) is 3.46. The highest BCUT2D eigenvalue weighted by Gasteiger charge is 2.50. The molecule has 1 fully saturated rings. The quantitative estimate of drug-likeness (QED) is 0.626. The van der Waals surface area contributed by atoms with E-state index in [1.165, 1.54) is 5.56 Å². The summed E-state index contributed by atoms with van der Waals surface area (Å²) in [5.74, 6) is 1.08. The number of aliphatic imine (C=N–C) groups is 1. The molecule has 2 heterocycles. The fourth-order valence-electron chi connectivity index (χ4n) is 4.73. The Morgan fingerprint density at radius 3 is 2.80 bits per heavy atom. The van der Waals surface area contributed by atoms with Gasteiger partial charge in [-0.1, -0.05) is 44.2 Å². The van der Waals surface area contributed by atoms with Crippen LogP contribution in [0.1, 0.15) is 45.6 Å². The zero-order valence-electron chi connectivity index (χ0n) is 18.5. The van der Waals surface area contributed by atoms with Crippen molar-refractivity contribution in [3.63, 3.8) is 0 Å². The van der Waals surface area contributed by atoms with Gasteiger partial charge < -0.3 is 16.0 Å². The Labute approximate surface area is 179 Å². The van der Waals surface area contributed by atoms with E-state index in [0.29, 0.717) is 42.8 Å². The third kappa shape index (κ3) is 5.39. The molecule has 2 aliphatic heterocycles. The number of guanidine groups is 1. The average Bonchev–Trinajstić information content (AvgIpc) is 2.91. The molecule has 3 unspecified atom stereocenters. The van der Waals surface area contributed by atoms with Gasteiger partial charge in [-0.05, 0) is 44.1 Å². The van der Waals surface area contributed by atoms with E-state index >= 15 is 0 Å². The summed E-state index contributed by atoms with van der Waals surface area (Å²) in [6.45, 7) is 8.72. The molecular weight excluding hydrogens is 378 g/mol. The van der Waals surface area contributed by atoms with Crippen LogP contribution in [0.2, 0.25) is 0 Å². The maximum absolute atomic E-state index is 13.0. The summed E-state index contributed by atoms with van der Waals surface area (Å²) in [6, 6.07) is 10.1. The minimum atomic E-state index is -0.725. The SMILES string of the molecule is CC(C)CC1(C)N=C(N)[NH+](CC2CCCN(C(=O)NCCc3ccccc3)C2)C1=O. The predicted molar refractivity (Wildman–Crippen MR) is 118 cm³/mol. The van der Waals surface area contributed by atoms with Crippen molar-refractivity contribution in [1.29, 1.82) is 0 Å². The molecule has 3 rings (SSSR count).